The highest BCUT2D eigenvalue weighted by Crippen LogP contribution is 2.45. The zero-order valence-corrected chi connectivity index (χ0v) is 12.1. The van der Waals surface area contributed by atoms with E-state index in [9.17, 15) is 14.7 Å². The van der Waals surface area contributed by atoms with Gasteiger partial charge in [0.15, 0.2) is 0 Å². The van der Waals surface area contributed by atoms with Gasteiger partial charge in [0.2, 0.25) is 0 Å². The molecule has 0 radical (unpaired) electrons. The number of rotatable bonds is 4. The smallest absolute Gasteiger partial charge is 0.309 e. The molecular weight excluding hydrogens is 252 g/mol. The Balaban J connectivity index is 2.44. The van der Waals surface area contributed by atoms with Gasteiger partial charge in [0.25, 0.3) is 0 Å². The van der Waals surface area contributed by atoms with Crippen LogP contribution in [0.25, 0.3) is 0 Å². The number of carbonyl (C=O) groups excluding carboxylic acids is 1. The van der Waals surface area contributed by atoms with Gasteiger partial charge in [-0.15, -0.1) is 0 Å². The fraction of sp³-hybridized carbons (Fsp3) is 0.529. The molecule has 1 N–H and O–H groups in total. The molecule has 0 aromatic heterocycles. The van der Waals surface area contributed by atoms with Gasteiger partial charge >= 0.3 is 5.97 Å². The van der Waals surface area contributed by atoms with Crippen LogP contribution in [-0.4, -0.2) is 16.9 Å². The van der Waals surface area contributed by atoms with Crippen molar-refractivity contribution >= 4 is 11.8 Å². The lowest BCUT2D eigenvalue weighted by molar-refractivity contribution is -0.150. The molecule has 1 aromatic carbocycles. The fourth-order valence-electron chi connectivity index (χ4n) is 3.31. The van der Waals surface area contributed by atoms with Crippen molar-refractivity contribution in [2.75, 3.05) is 0 Å². The minimum Gasteiger partial charge on any atom is -0.481 e. The van der Waals surface area contributed by atoms with Crippen molar-refractivity contribution in [1.29, 1.82) is 0 Å². The lowest BCUT2D eigenvalue weighted by atomic mass is 9.64. The highest BCUT2D eigenvalue weighted by molar-refractivity contribution is 5.85. The third-order valence-corrected chi connectivity index (χ3v) is 4.49. The van der Waals surface area contributed by atoms with Gasteiger partial charge in [-0.05, 0) is 32.3 Å². The summed E-state index contributed by atoms with van der Waals surface area (Å²) in [6.45, 7) is 3.46. The number of aliphatic carboxylic acids is 1. The van der Waals surface area contributed by atoms with Crippen molar-refractivity contribution < 1.29 is 14.7 Å². The first-order valence-electron chi connectivity index (χ1n) is 7.25. The zero-order chi connectivity index (χ0) is 14.8. The van der Waals surface area contributed by atoms with Crippen LogP contribution >= 0.6 is 0 Å². The summed E-state index contributed by atoms with van der Waals surface area (Å²) in [6.07, 6.45) is 3.33. The largest absolute Gasteiger partial charge is 0.481 e. The third-order valence-electron chi connectivity index (χ3n) is 4.49. The van der Waals surface area contributed by atoms with Gasteiger partial charge in [-0.3, -0.25) is 9.59 Å². The van der Waals surface area contributed by atoms with E-state index in [2.05, 4.69) is 0 Å². The van der Waals surface area contributed by atoms with E-state index < -0.39 is 11.4 Å². The summed E-state index contributed by atoms with van der Waals surface area (Å²) in [4.78, 5) is 24.0. The number of ketones is 1. The maximum absolute atomic E-state index is 12.3. The third kappa shape index (κ3) is 2.77. The van der Waals surface area contributed by atoms with Crippen molar-refractivity contribution in [1.82, 2.24) is 0 Å². The van der Waals surface area contributed by atoms with Gasteiger partial charge < -0.3 is 5.11 Å². The molecule has 1 aromatic rings. The number of carboxylic acids is 1. The molecular formula is C17H22O3. The Morgan fingerprint density at radius 2 is 1.90 bits per heavy atom. The van der Waals surface area contributed by atoms with Crippen molar-refractivity contribution in [2.45, 2.75) is 45.4 Å². The molecule has 108 valence electrons. The normalized spacial score (nSPS) is 21.5. The Labute approximate surface area is 120 Å². The van der Waals surface area contributed by atoms with Crippen molar-refractivity contribution in [2.24, 2.45) is 11.3 Å². The van der Waals surface area contributed by atoms with Gasteiger partial charge in [-0.25, -0.2) is 0 Å². The molecule has 0 saturated heterocycles. The molecule has 1 saturated carbocycles. The van der Waals surface area contributed by atoms with Crippen LogP contribution in [0.1, 0.15) is 51.0 Å². The summed E-state index contributed by atoms with van der Waals surface area (Å²) in [6, 6.07) is 9.62. The predicted octanol–water partition coefficient (Wildman–Crippen LogP) is 3.64. The number of hydrogen-bond acceptors (Lipinski definition) is 2. The second-order valence-corrected chi connectivity index (χ2v) is 6.23. The molecule has 2 rings (SSSR count). The number of carboxylic acid groups (broad SMARTS) is 1. The highest BCUT2D eigenvalue weighted by atomic mass is 16.4. The Bertz CT molecular complexity index is 490. The minimum atomic E-state index is -0.945. The standard InChI is InChI=1S/C17H22O3/c1-17(2,16(19)20)15(12-8-4-3-5-9-12)13-10-6-7-11-14(13)18/h3-5,8-9,13,15H,6-7,10-11H2,1-2H3,(H,19,20)/t13-,15-/m0/s1. The van der Waals surface area contributed by atoms with Crippen LogP contribution in [0.3, 0.4) is 0 Å². The summed E-state index contributed by atoms with van der Waals surface area (Å²) >= 11 is 0. The molecule has 0 bridgehead atoms. The van der Waals surface area contributed by atoms with Crippen LogP contribution in [0.2, 0.25) is 0 Å². The van der Waals surface area contributed by atoms with E-state index >= 15 is 0 Å². The Morgan fingerprint density at radius 1 is 1.25 bits per heavy atom. The van der Waals surface area contributed by atoms with E-state index in [-0.39, 0.29) is 17.6 Å². The molecule has 0 spiro atoms. The SMILES string of the molecule is CC(C)(C(=O)O)[C@@H](c1ccccc1)[C@H]1CCCCC1=O. The first-order valence-corrected chi connectivity index (χ1v) is 7.25. The maximum atomic E-state index is 12.3. The van der Waals surface area contributed by atoms with Gasteiger partial charge in [0.05, 0.1) is 5.41 Å². The molecule has 20 heavy (non-hydrogen) atoms. The van der Waals surface area contributed by atoms with E-state index in [0.29, 0.717) is 6.42 Å². The quantitative estimate of drug-likeness (QED) is 0.912. The molecule has 0 unspecified atom stereocenters. The summed E-state index contributed by atoms with van der Waals surface area (Å²) in [5.41, 5.74) is 0.0131. The zero-order valence-electron chi connectivity index (χ0n) is 12.1. The second-order valence-electron chi connectivity index (χ2n) is 6.23. The summed E-state index contributed by atoms with van der Waals surface area (Å²) in [5, 5.41) is 9.58. The lowest BCUT2D eigenvalue weighted by Crippen LogP contribution is -2.39. The van der Waals surface area contributed by atoms with E-state index in [1.54, 1.807) is 13.8 Å². The van der Waals surface area contributed by atoms with E-state index in [0.717, 1.165) is 24.8 Å². The number of benzene rings is 1. The van der Waals surface area contributed by atoms with Crippen LogP contribution < -0.4 is 0 Å². The van der Waals surface area contributed by atoms with Crippen LogP contribution in [-0.2, 0) is 9.59 Å². The van der Waals surface area contributed by atoms with Gasteiger partial charge in [-0.2, -0.15) is 0 Å². The fourth-order valence-corrected chi connectivity index (χ4v) is 3.31. The minimum absolute atomic E-state index is 0.169. The Hall–Kier alpha value is -1.64. The number of carbonyl (C=O) groups is 2. The molecule has 0 amide bonds. The lowest BCUT2D eigenvalue weighted by Gasteiger charge is -2.38. The second kappa shape index (κ2) is 5.78. The molecule has 2 atom stereocenters. The maximum Gasteiger partial charge on any atom is 0.309 e. The monoisotopic (exact) mass is 274 g/mol. The average molecular weight is 274 g/mol. The number of hydrogen-bond donors (Lipinski definition) is 1. The highest BCUT2D eigenvalue weighted by Gasteiger charge is 2.45. The van der Waals surface area contributed by atoms with Gasteiger partial charge in [-0.1, -0.05) is 36.8 Å². The van der Waals surface area contributed by atoms with E-state index in [1.807, 2.05) is 30.3 Å². The first-order chi connectivity index (χ1) is 9.44. The Morgan fingerprint density at radius 3 is 2.45 bits per heavy atom. The van der Waals surface area contributed by atoms with Gasteiger partial charge in [0, 0.05) is 18.3 Å². The predicted molar refractivity (Wildman–Crippen MR) is 77.6 cm³/mol. The van der Waals surface area contributed by atoms with Gasteiger partial charge in [0.1, 0.15) is 5.78 Å². The summed E-state index contributed by atoms with van der Waals surface area (Å²) < 4.78 is 0. The molecule has 1 fully saturated rings. The van der Waals surface area contributed by atoms with E-state index in [4.69, 9.17) is 0 Å². The number of Topliss-reactive ketones (excluding diaryl/α,β-unsaturated/α-hetero) is 1. The first kappa shape index (κ1) is 14.8. The molecule has 0 aliphatic heterocycles. The molecule has 1 aliphatic carbocycles. The molecule has 3 heteroatoms. The molecule has 3 nitrogen and oxygen atoms in total. The summed E-state index contributed by atoms with van der Waals surface area (Å²) in [7, 11) is 0. The molecule has 0 heterocycles. The van der Waals surface area contributed by atoms with Crippen LogP contribution in [0, 0.1) is 11.3 Å². The topological polar surface area (TPSA) is 54.4 Å². The van der Waals surface area contributed by atoms with Crippen LogP contribution in [0.15, 0.2) is 30.3 Å². The van der Waals surface area contributed by atoms with Crippen LogP contribution in [0.4, 0.5) is 0 Å². The molecule has 1 aliphatic rings. The van der Waals surface area contributed by atoms with Crippen molar-refractivity contribution in [3.63, 3.8) is 0 Å². The van der Waals surface area contributed by atoms with Crippen molar-refractivity contribution in [3.8, 4) is 0 Å². The summed E-state index contributed by atoms with van der Waals surface area (Å²) in [5.74, 6) is -1.05. The van der Waals surface area contributed by atoms with Crippen molar-refractivity contribution in [3.05, 3.63) is 35.9 Å². The van der Waals surface area contributed by atoms with E-state index in [1.165, 1.54) is 0 Å². The average Bonchev–Trinajstić information content (AvgIpc) is 2.42. The van der Waals surface area contributed by atoms with Crippen LogP contribution in [0.5, 0.6) is 0 Å². The Kier molecular flexibility index (Phi) is 4.26.